The van der Waals surface area contributed by atoms with Crippen LogP contribution < -0.4 is 5.32 Å². The third-order valence-electron chi connectivity index (χ3n) is 3.08. The number of halogens is 1. The summed E-state index contributed by atoms with van der Waals surface area (Å²) in [7, 11) is 0. The Morgan fingerprint density at radius 3 is 2.53 bits per heavy atom. The van der Waals surface area contributed by atoms with E-state index in [9.17, 15) is 0 Å². The van der Waals surface area contributed by atoms with Crippen molar-refractivity contribution in [1.82, 2.24) is 5.32 Å². The summed E-state index contributed by atoms with van der Waals surface area (Å²) in [6.07, 6.45) is 1.12. The van der Waals surface area contributed by atoms with E-state index in [0.29, 0.717) is 0 Å². The van der Waals surface area contributed by atoms with Crippen molar-refractivity contribution in [2.24, 2.45) is 0 Å². The van der Waals surface area contributed by atoms with Gasteiger partial charge in [0.2, 0.25) is 0 Å². The zero-order valence-corrected chi connectivity index (χ0v) is 13.2. The second-order valence-corrected chi connectivity index (χ2v) is 6.49. The smallest absolute Gasteiger partial charge is 0.0585 e. The van der Waals surface area contributed by atoms with Crippen LogP contribution in [0.1, 0.15) is 41.0 Å². The highest BCUT2D eigenvalue weighted by molar-refractivity contribution is 7.10. The fourth-order valence-electron chi connectivity index (χ4n) is 2.26. The second kappa shape index (κ2) is 6.56. The molecule has 0 aliphatic carbocycles. The minimum Gasteiger partial charge on any atom is -0.306 e. The average Bonchev–Trinajstić information content (AvgIpc) is 2.75. The van der Waals surface area contributed by atoms with E-state index >= 15 is 0 Å². The molecule has 0 saturated carbocycles. The van der Waals surface area contributed by atoms with E-state index in [2.05, 4.69) is 49.7 Å². The first-order valence-electron chi connectivity index (χ1n) is 6.65. The van der Waals surface area contributed by atoms with Gasteiger partial charge in [0.25, 0.3) is 0 Å². The molecule has 102 valence electrons. The number of nitrogens with one attached hydrogen (secondary N) is 1. The lowest BCUT2D eigenvalue weighted by atomic mass is 9.99. The minimum atomic E-state index is 0.238. The molecule has 2 aromatic rings. The van der Waals surface area contributed by atoms with E-state index < -0.39 is 0 Å². The molecule has 0 aliphatic rings. The average molecular weight is 294 g/mol. The zero-order valence-electron chi connectivity index (χ0n) is 11.7. The Balaban J connectivity index is 2.36. The molecular formula is C16H20ClNS. The van der Waals surface area contributed by atoms with Gasteiger partial charge in [0, 0.05) is 9.90 Å². The lowest BCUT2D eigenvalue weighted by Crippen LogP contribution is -2.22. The van der Waals surface area contributed by atoms with Crippen LogP contribution in [0.3, 0.4) is 0 Å². The Hall–Kier alpha value is -0.830. The SMILES string of the molecule is CCCNC(c1cc(C)cc(Cl)c1)c1csc(C)c1. The quantitative estimate of drug-likeness (QED) is 0.808. The van der Waals surface area contributed by atoms with E-state index in [1.165, 1.54) is 21.6 Å². The number of hydrogen-bond donors (Lipinski definition) is 1. The molecule has 1 unspecified atom stereocenters. The third-order valence-corrected chi connectivity index (χ3v) is 4.18. The Morgan fingerprint density at radius 1 is 1.16 bits per heavy atom. The van der Waals surface area contributed by atoms with Crippen LogP contribution in [0.2, 0.25) is 5.02 Å². The molecule has 0 spiro atoms. The van der Waals surface area contributed by atoms with Crippen molar-refractivity contribution in [2.75, 3.05) is 6.54 Å². The van der Waals surface area contributed by atoms with Crippen molar-refractivity contribution in [2.45, 2.75) is 33.2 Å². The van der Waals surface area contributed by atoms with Gasteiger partial charge >= 0.3 is 0 Å². The first-order chi connectivity index (χ1) is 9.10. The van der Waals surface area contributed by atoms with Gasteiger partial charge in [-0.15, -0.1) is 11.3 Å². The molecule has 19 heavy (non-hydrogen) atoms. The van der Waals surface area contributed by atoms with Gasteiger partial charge in [-0.1, -0.05) is 24.6 Å². The van der Waals surface area contributed by atoms with Gasteiger partial charge in [0.15, 0.2) is 0 Å². The topological polar surface area (TPSA) is 12.0 Å². The van der Waals surface area contributed by atoms with E-state index in [1.54, 1.807) is 11.3 Å². The molecule has 0 radical (unpaired) electrons. The Labute approximate surface area is 124 Å². The number of thiophene rings is 1. The summed E-state index contributed by atoms with van der Waals surface area (Å²) < 4.78 is 0. The fraction of sp³-hybridized carbons (Fsp3) is 0.375. The summed E-state index contributed by atoms with van der Waals surface area (Å²) in [5, 5.41) is 6.66. The van der Waals surface area contributed by atoms with Crippen molar-refractivity contribution in [3.05, 3.63) is 56.2 Å². The highest BCUT2D eigenvalue weighted by atomic mass is 35.5. The van der Waals surface area contributed by atoms with Crippen LogP contribution in [-0.4, -0.2) is 6.54 Å². The standard InChI is InChI=1S/C16H20ClNS/c1-4-5-18-16(14-8-12(3)19-10-14)13-6-11(2)7-15(17)9-13/h6-10,16,18H,4-5H2,1-3H3. The molecule has 0 bridgehead atoms. The summed E-state index contributed by atoms with van der Waals surface area (Å²) in [6.45, 7) is 7.43. The molecule has 1 N–H and O–H groups in total. The highest BCUT2D eigenvalue weighted by Gasteiger charge is 2.15. The van der Waals surface area contributed by atoms with Gasteiger partial charge in [0.05, 0.1) is 6.04 Å². The molecule has 1 nitrogen and oxygen atoms in total. The summed E-state index contributed by atoms with van der Waals surface area (Å²) in [5.41, 5.74) is 3.78. The number of rotatable bonds is 5. The van der Waals surface area contributed by atoms with E-state index in [0.717, 1.165) is 18.0 Å². The first-order valence-corrected chi connectivity index (χ1v) is 7.91. The number of benzene rings is 1. The van der Waals surface area contributed by atoms with Gasteiger partial charge < -0.3 is 5.32 Å². The molecule has 1 atom stereocenters. The van der Waals surface area contributed by atoms with E-state index in [4.69, 9.17) is 11.6 Å². The first kappa shape index (κ1) is 14.6. The molecule has 1 aromatic carbocycles. The van der Waals surface area contributed by atoms with E-state index in [1.807, 2.05) is 6.07 Å². The Bertz CT molecular complexity index is 527. The van der Waals surface area contributed by atoms with Gasteiger partial charge in [-0.25, -0.2) is 0 Å². The molecular weight excluding hydrogens is 274 g/mol. The van der Waals surface area contributed by atoms with E-state index in [-0.39, 0.29) is 6.04 Å². The normalized spacial score (nSPS) is 12.6. The van der Waals surface area contributed by atoms with Crippen molar-refractivity contribution in [3.8, 4) is 0 Å². The third kappa shape index (κ3) is 3.82. The van der Waals surface area contributed by atoms with Crippen LogP contribution in [0.5, 0.6) is 0 Å². The van der Waals surface area contributed by atoms with Gasteiger partial charge in [-0.05, 0) is 67.1 Å². The van der Waals surface area contributed by atoms with Crippen molar-refractivity contribution >= 4 is 22.9 Å². The Kier molecular flexibility index (Phi) is 5.03. The van der Waals surface area contributed by atoms with Gasteiger partial charge in [0.1, 0.15) is 0 Å². The van der Waals surface area contributed by atoms with Crippen LogP contribution in [0.15, 0.2) is 29.6 Å². The van der Waals surface area contributed by atoms with Crippen molar-refractivity contribution < 1.29 is 0 Å². The van der Waals surface area contributed by atoms with Crippen LogP contribution in [0, 0.1) is 13.8 Å². The van der Waals surface area contributed by atoms with Crippen LogP contribution in [0.4, 0.5) is 0 Å². The maximum absolute atomic E-state index is 6.20. The van der Waals surface area contributed by atoms with Crippen LogP contribution >= 0.6 is 22.9 Å². The molecule has 3 heteroatoms. The summed E-state index contributed by atoms with van der Waals surface area (Å²) in [4.78, 5) is 1.34. The maximum atomic E-state index is 6.20. The van der Waals surface area contributed by atoms with Crippen LogP contribution in [0.25, 0.3) is 0 Å². The monoisotopic (exact) mass is 293 g/mol. The minimum absolute atomic E-state index is 0.238. The number of aryl methyl sites for hydroxylation is 2. The highest BCUT2D eigenvalue weighted by Crippen LogP contribution is 2.28. The molecule has 0 saturated heterocycles. The molecule has 2 rings (SSSR count). The van der Waals surface area contributed by atoms with Crippen molar-refractivity contribution in [3.63, 3.8) is 0 Å². The van der Waals surface area contributed by atoms with Crippen molar-refractivity contribution in [1.29, 1.82) is 0 Å². The summed E-state index contributed by atoms with van der Waals surface area (Å²) >= 11 is 7.99. The van der Waals surface area contributed by atoms with Gasteiger partial charge in [-0.2, -0.15) is 0 Å². The Morgan fingerprint density at radius 2 is 1.95 bits per heavy atom. The number of hydrogen-bond acceptors (Lipinski definition) is 2. The molecule has 0 fully saturated rings. The van der Waals surface area contributed by atoms with Gasteiger partial charge in [-0.3, -0.25) is 0 Å². The summed E-state index contributed by atoms with van der Waals surface area (Å²) in [5.74, 6) is 0. The molecule has 1 aromatic heterocycles. The molecule has 0 aliphatic heterocycles. The largest absolute Gasteiger partial charge is 0.306 e. The lowest BCUT2D eigenvalue weighted by Gasteiger charge is -2.19. The maximum Gasteiger partial charge on any atom is 0.0585 e. The summed E-state index contributed by atoms with van der Waals surface area (Å²) in [6, 6.07) is 8.78. The predicted molar refractivity (Wildman–Crippen MR) is 85.4 cm³/mol. The molecule has 0 amide bonds. The zero-order chi connectivity index (χ0) is 13.8. The molecule has 1 heterocycles. The second-order valence-electron chi connectivity index (χ2n) is 4.94. The predicted octanol–water partition coefficient (Wildman–Crippen LogP) is 5.11. The fourth-order valence-corrected chi connectivity index (χ4v) is 3.29. The van der Waals surface area contributed by atoms with Crippen LogP contribution in [-0.2, 0) is 0 Å². The lowest BCUT2D eigenvalue weighted by molar-refractivity contribution is 0.599.